The van der Waals surface area contributed by atoms with Crippen molar-refractivity contribution in [1.29, 1.82) is 0 Å². The van der Waals surface area contributed by atoms with E-state index in [2.05, 4.69) is 6.92 Å². The van der Waals surface area contributed by atoms with Gasteiger partial charge in [-0.1, -0.05) is 43.6 Å². The summed E-state index contributed by atoms with van der Waals surface area (Å²) in [5.74, 6) is -0.517. The van der Waals surface area contributed by atoms with Crippen LogP contribution in [0.25, 0.3) is 0 Å². The van der Waals surface area contributed by atoms with Crippen molar-refractivity contribution in [2.45, 2.75) is 64.9 Å². The minimum Gasteiger partial charge on any atom is -0.508 e. The van der Waals surface area contributed by atoms with Gasteiger partial charge in [0.05, 0.1) is 0 Å². The van der Waals surface area contributed by atoms with Crippen LogP contribution in [0, 0.1) is 0 Å². The van der Waals surface area contributed by atoms with E-state index in [9.17, 15) is 14.7 Å². The number of hydrogen-bond donors (Lipinski definition) is 2. The van der Waals surface area contributed by atoms with Crippen LogP contribution in [0.1, 0.15) is 62.4 Å². The lowest BCUT2D eigenvalue weighted by molar-refractivity contribution is -0.122. The standard InChI is InChI=1S/C26H33ClN2O4/c1-6-16-14-21-20(22(27)19(16)7-2)12-13-29(24(32)33-25(3,4)5)15-26(21,23(28)31)17-8-10-18(30)11-9-17/h8-11,14,30H,6-7,12-13,15H2,1-5H3,(H2,28,31). The van der Waals surface area contributed by atoms with Crippen molar-refractivity contribution in [3.63, 3.8) is 0 Å². The van der Waals surface area contributed by atoms with Gasteiger partial charge in [0.1, 0.15) is 16.8 Å². The van der Waals surface area contributed by atoms with Gasteiger partial charge in [0.15, 0.2) is 0 Å². The van der Waals surface area contributed by atoms with Crippen LogP contribution in [0.5, 0.6) is 5.75 Å². The molecule has 3 N–H and O–H groups in total. The number of benzene rings is 2. The van der Waals surface area contributed by atoms with Gasteiger partial charge in [-0.15, -0.1) is 0 Å². The van der Waals surface area contributed by atoms with Gasteiger partial charge >= 0.3 is 6.09 Å². The van der Waals surface area contributed by atoms with Crippen LogP contribution in [-0.4, -0.2) is 40.7 Å². The molecule has 0 bridgehead atoms. The fourth-order valence-electron chi connectivity index (χ4n) is 4.64. The molecule has 1 unspecified atom stereocenters. The number of hydrogen-bond acceptors (Lipinski definition) is 4. The smallest absolute Gasteiger partial charge is 0.410 e. The fraction of sp³-hybridized carbons (Fsp3) is 0.462. The highest BCUT2D eigenvalue weighted by Crippen LogP contribution is 2.43. The van der Waals surface area contributed by atoms with E-state index in [1.165, 1.54) is 17.0 Å². The SMILES string of the molecule is CCc1cc2c(c(Cl)c1CC)CCN(C(=O)OC(C)(C)C)CC2(C(N)=O)c1ccc(O)cc1. The largest absolute Gasteiger partial charge is 0.508 e. The number of nitrogens with zero attached hydrogens (tertiary/aromatic N) is 1. The summed E-state index contributed by atoms with van der Waals surface area (Å²) in [6, 6.07) is 8.41. The highest BCUT2D eigenvalue weighted by atomic mass is 35.5. The Kier molecular flexibility index (Phi) is 6.99. The van der Waals surface area contributed by atoms with Gasteiger partial charge in [0.2, 0.25) is 5.91 Å². The van der Waals surface area contributed by atoms with Gasteiger partial charge in [0, 0.05) is 18.1 Å². The first-order valence-electron chi connectivity index (χ1n) is 11.4. The lowest BCUT2D eigenvalue weighted by Gasteiger charge is -2.36. The van der Waals surface area contributed by atoms with E-state index >= 15 is 0 Å². The van der Waals surface area contributed by atoms with Crippen LogP contribution in [-0.2, 0) is 34.2 Å². The molecule has 0 spiro atoms. The third-order valence-electron chi connectivity index (χ3n) is 6.25. The van der Waals surface area contributed by atoms with Gasteiger partial charge in [-0.25, -0.2) is 4.79 Å². The van der Waals surface area contributed by atoms with E-state index in [1.807, 2.05) is 13.0 Å². The van der Waals surface area contributed by atoms with Crippen LogP contribution in [0.4, 0.5) is 4.79 Å². The molecule has 2 aromatic rings. The molecule has 7 heteroatoms. The van der Waals surface area contributed by atoms with E-state index in [1.54, 1.807) is 32.9 Å². The molecular weight excluding hydrogens is 440 g/mol. The van der Waals surface area contributed by atoms with Crippen molar-refractivity contribution in [1.82, 2.24) is 4.90 Å². The quantitative estimate of drug-likeness (QED) is 0.672. The van der Waals surface area contributed by atoms with Crippen LogP contribution >= 0.6 is 11.6 Å². The van der Waals surface area contributed by atoms with Crippen LogP contribution < -0.4 is 5.73 Å². The summed E-state index contributed by atoms with van der Waals surface area (Å²) >= 11 is 6.93. The molecule has 0 saturated carbocycles. The second-order valence-electron chi connectivity index (χ2n) is 9.53. The molecule has 2 aromatic carbocycles. The van der Waals surface area contributed by atoms with Gasteiger partial charge in [-0.05, 0) is 80.0 Å². The number of rotatable bonds is 4. The van der Waals surface area contributed by atoms with Crippen molar-refractivity contribution in [3.8, 4) is 5.75 Å². The van der Waals surface area contributed by atoms with Crippen molar-refractivity contribution in [2.24, 2.45) is 5.73 Å². The molecule has 1 heterocycles. The number of ether oxygens (including phenoxy) is 1. The molecule has 1 atom stereocenters. The zero-order valence-electron chi connectivity index (χ0n) is 20.0. The van der Waals surface area contributed by atoms with Crippen LogP contribution in [0.15, 0.2) is 30.3 Å². The van der Waals surface area contributed by atoms with E-state index in [0.29, 0.717) is 29.1 Å². The van der Waals surface area contributed by atoms with Gasteiger partial charge < -0.3 is 20.5 Å². The molecule has 33 heavy (non-hydrogen) atoms. The van der Waals surface area contributed by atoms with E-state index in [4.69, 9.17) is 22.1 Å². The van der Waals surface area contributed by atoms with Crippen LogP contribution in [0.3, 0.4) is 0 Å². The molecule has 1 aliphatic heterocycles. The average Bonchev–Trinajstić information content (AvgIpc) is 2.91. The number of fused-ring (bicyclic) bond motifs is 1. The van der Waals surface area contributed by atoms with Crippen molar-refractivity contribution >= 4 is 23.6 Å². The highest BCUT2D eigenvalue weighted by Gasteiger charge is 2.47. The Morgan fingerprint density at radius 3 is 2.33 bits per heavy atom. The summed E-state index contributed by atoms with van der Waals surface area (Å²) < 4.78 is 5.64. The Bertz CT molecular complexity index is 1060. The number of primary amides is 1. The second kappa shape index (κ2) is 9.26. The third kappa shape index (κ3) is 4.67. The maximum Gasteiger partial charge on any atom is 0.410 e. The molecule has 0 aromatic heterocycles. The summed E-state index contributed by atoms with van der Waals surface area (Å²) in [4.78, 5) is 28.0. The number of aromatic hydroxyl groups is 1. The Labute approximate surface area is 200 Å². The second-order valence-corrected chi connectivity index (χ2v) is 9.91. The summed E-state index contributed by atoms with van der Waals surface area (Å²) in [5.41, 5.74) is 8.32. The monoisotopic (exact) mass is 472 g/mol. The van der Waals surface area contributed by atoms with Gasteiger partial charge in [-0.3, -0.25) is 4.79 Å². The van der Waals surface area contributed by atoms with Crippen molar-refractivity contribution < 1.29 is 19.4 Å². The molecule has 1 aliphatic rings. The number of nitrogens with two attached hydrogens (primary N) is 1. The lowest BCUT2D eigenvalue weighted by atomic mass is 9.71. The molecule has 0 aliphatic carbocycles. The molecule has 2 amide bonds. The molecular formula is C26H33ClN2O4. The summed E-state index contributed by atoms with van der Waals surface area (Å²) in [7, 11) is 0. The Morgan fingerprint density at radius 1 is 1.18 bits per heavy atom. The van der Waals surface area contributed by atoms with Gasteiger partial charge in [-0.2, -0.15) is 0 Å². The minimum atomic E-state index is -1.35. The first-order valence-corrected chi connectivity index (χ1v) is 11.7. The number of phenols is 1. The number of aryl methyl sites for hydroxylation is 1. The highest BCUT2D eigenvalue weighted by molar-refractivity contribution is 6.32. The Morgan fingerprint density at radius 2 is 1.82 bits per heavy atom. The topological polar surface area (TPSA) is 92.9 Å². The van der Waals surface area contributed by atoms with E-state index in [0.717, 1.165) is 29.5 Å². The number of halogens is 1. The number of carbonyl (C=O) groups is 2. The molecule has 0 saturated heterocycles. The predicted molar refractivity (Wildman–Crippen MR) is 130 cm³/mol. The number of phenolic OH excluding ortho intramolecular Hbond substituents is 1. The lowest BCUT2D eigenvalue weighted by Crippen LogP contribution is -2.52. The normalized spacial score (nSPS) is 18.4. The van der Waals surface area contributed by atoms with Crippen molar-refractivity contribution in [2.75, 3.05) is 13.1 Å². The third-order valence-corrected chi connectivity index (χ3v) is 6.70. The zero-order chi connectivity index (χ0) is 24.6. The van der Waals surface area contributed by atoms with Crippen LogP contribution in [0.2, 0.25) is 5.02 Å². The minimum absolute atomic E-state index is 0.0139. The molecule has 3 rings (SSSR count). The molecule has 6 nitrogen and oxygen atoms in total. The van der Waals surface area contributed by atoms with Gasteiger partial charge in [0.25, 0.3) is 0 Å². The predicted octanol–water partition coefficient (Wildman–Crippen LogP) is 4.74. The Hall–Kier alpha value is -2.73. The maximum atomic E-state index is 13.3. The zero-order valence-corrected chi connectivity index (χ0v) is 20.8. The maximum absolute atomic E-state index is 13.3. The summed E-state index contributed by atoms with van der Waals surface area (Å²) in [6.45, 7) is 9.86. The molecule has 0 fully saturated rings. The Balaban J connectivity index is 2.32. The van der Waals surface area contributed by atoms with E-state index < -0.39 is 23.0 Å². The summed E-state index contributed by atoms with van der Waals surface area (Å²) in [6.07, 6.45) is 1.46. The van der Waals surface area contributed by atoms with Crippen molar-refractivity contribution in [3.05, 3.63) is 63.2 Å². The first-order chi connectivity index (χ1) is 15.4. The molecule has 178 valence electrons. The number of carbonyl (C=O) groups excluding carboxylic acids is 2. The summed E-state index contributed by atoms with van der Waals surface area (Å²) in [5, 5.41) is 10.5. The first kappa shape index (κ1) is 24.9. The fourth-order valence-corrected chi connectivity index (χ4v) is 5.09. The number of amides is 2. The van der Waals surface area contributed by atoms with E-state index in [-0.39, 0.29) is 12.3 Å². The molecule has 0 radical (unpaired) electrons. The average molecular weight is 473 g/mol.